The molecule has 0 spiro atoms. The van der Waals surface area contributed by atoms with Crippen molar-refractivity contribution in [3.63, 3.8) is 0 Å². The van der Waals surface area contributed by atoms with E-state index in [-0.39, 0.29) is 17.8 Å². The van der Waals surface area contributed by atoms with Gasteiger partial charge in [0, 0.05) is 36.9 Å². The highest BCUT2D eigenvalue weighted by molar-refractivity contribution is 8.00. The van der Waals surface area contributed by atoms with Gasteiger partial charge in [0.05, 0.1) is 11.8 Å². The van der Waals surface area contributed by atoms with Crippen molar-refractivity contribution in [2.45, 2.75) is 10.9 Å². The fourth-order valence-electron chi connectivity index (χ4n) is 2.68. The van der Waals surface area contributed by atoms with Gasteiger partial charge in [-0.25, -0.2) is 4.39 Å². The molecule has 23 heavy (non-hydrogen) atoms. The normalized spacial score (nSPS) is 18.0. The predicted octanol–water partition coefficient (Wildman–Crippen LogP) is 2.49. The maximum absolute atomic E-state index is 13.5. The van der Waals surface area contributed by atoms with Gasteiger partial charge in [-0.3, -0.25) is 9.78 Å². The Hall–Kier alpha value is -1.92. The van der Waals surface area contributed by atoms with Gasteiger partial charge in [-0.2, -0.15) is 0 Å². The number of pyridine rings is 1. The highest BCUT2D eigenvalue weighted by Crippen LogP contribution is 2.25. The van der Waals surface area contributed by atoms with Gasteiger partial charge in [0.25, 0.3) is 0 Å². The van der Waals surface area contributed by atoms with Gasteiger partial charge in [0.1, 0.15) is 5.82 Å². The van der Waals surface area contributed by atoms with Gasteiger partial charge in [-0.1, -0.05) is 12.1 Å². The van der Waals surface area contributed by atoms with Crippen LogP contribution in [0.1, 0.15) is 11.6 Å². The van der Waals surface area contributed by atoms with Crippen molar-refractivity contribution in [2.75, 3.05) is 25.4 Å². The molecule has 1 fully saturated rings. The number of hydrogen-bond donors (Lipinski definition) is 1. The van der Waals surface area contributed by atoms with Crippen LogP contribution in [-0.2, 0) is 4.79 Å². The van der Waals surface area contributed by atoms with E-state index < -0.39 is 0 Å². The van der Waals surface area contributed by atoms with Crippen LogP contribution >= 0.6 is 11.8 Å². The lowest BCUT2D eigenvalue weighted by atomic mass is 10.0. The monoisotopic (exact) mass is 331 g/mol. The van der Waals surface area contributed by atoms with Crippen LogP contribution in [0.5, 0.6) is 0 Å². The zero-order chi connectivity index (χ0) is 16.1. The van der Waals surface area contributed by atoms with Gasteiger partial charge >= 0.3 is 0 Å². The first-order chi connectivity index (χ1) is 11.2. The lowest BCUT2D eigenvalue weighted by Gasteiger charge is -2.36. The SMILES string of the molecule is O=C(CSc1ccncc1)N1CCNCC1c1cccc(F)c1. The average Bonchev–Trinajstić information content (AvgIpc) is 2.60. The summed E-state index contributed by atoms with van der Waals surface area (Å²) in [6.45, 7) is 2.05. The topological polar surface area (TPSA) is 45.2 Å². The fourth-order valence-corrected chi connectivity index (χ4v) is 3.45. The van der Waals surface area contributed by atoms with E-state index in [1.165, 1.54) is 23.9 Å². The molecule has 4 nitrogen and oxygen atoms in total. The van der Waals surface area contributed by atoms with Crippen molar-refractivity contribution in [3.05, 3.63) is 60.2 Å². The number of aromatic nitrogens is 1. The Kier molecular flexibility index (Phi) is 5.25. The van der Waals surface area contributed by atoms with E-state index in [0.717, 1.165) is 17.0 Å². The van der Waals surface area contributed by atoms with Gasteiger partial charge in [0.2, 0.25) is 5.91 Å². The third-order valence-electron chi connectivity index (χ3n) is 3.81. The molecule has 3 rings (SSSR count). The van der Waals surface area contributed by atoms with Gasteiger partial charge in [-0.05, 0) is 29.8 Å². The van der Waals surface area contributed by atoms with Crippen molar-refractivity contribution in [3.8, 4) is 0 Å². The summed E-state index contributed by atoms with van der Waals surface area (Å²) in [6, 6.07) is 10.1. The minimum absolute atomic E-state index is 0.0718. The summed E-state index contributed by atoms with van der Waals surface area (Å²) in [6.07, 6.45) is 3.43. The van der Waals surface area contributed by atoms with Gasteiger partial charge in [0.15, 0.2) is 0 Å². The molecule has 1 aromatic carbocycles. The number of carbonyl (C=O) groups excluding carboxylic acids is 1. The number of amides is 1. The zero-order valence-corrected chi connectivity index (χ0v) is 13.4. The molecule has 1 aromatic heterocycles. The van der Waals surface area contributed by atoms with Crippen molar-refractivity contribution >= 4 is 17.7 Å². The van der Waals surface area contributed by atoms with Crippen LogP contribution < -0.4 is 5.32 Å². The minimum Gasteiger partial charge on any atom is -0.332 e. The fraction of sp³-hybridized carbons (Fsp3) is 0.294. The molecule has 120 valence electrons. The summed E-state index contributed by atoms with van der Waals surface area (Å²) in [5, 5.41) is 3.28. The molecule has 0 radical (unpaired) electrons. The summed E-state index contributed by atoms with van der Waals surface area (Å²) in [5.74, 6) is 0.171. The van der Waals surface area contributed by atoms with Gasteiger partial charge < -0.3 is 10.2 Å². The minimum atomic E-state index is -0.272. The first-order valence-corrected chi connectivity index (χ1v) is 8.51. The zero-order valence-electron chi connectivity index (χ0n) is 12.6. The molecule has 0 saturated carbocycles. The number of hydrogen-bond acceptors (Lipinski definition) is 4. The van der Waals surface area contributed by atoms with Crippen molar-refractivity contribution in [2.24, 2.45) is 0 Å². The molecule has 1 saturated heterocycles. The number of nitrogens with zero attached hydrogens (tertiary/aromatic N) is 2. The number of nitrogens with one attached hydrogen (secondary N) is 1. The third kappa shape index (κ3) is 4.09. The first-order valence-electron chi connectivity index (χ1n) is 7.52. The van der Waals surface area contributed by atoms with Crippen molar-refractivity contribution in [1.82, 2.24) is 15.2 Å². The summed E-state index contributed by atoms with van der Waals surface area (Å²) in [5.41, 5.74) is 0.833. The van der Waals surface area contributed by atoms with Crippen LogP contribution in [0, 0.1) is 5.82 Å². The van der Waals surface area contributed by atoms with E-state index in [1.54, 1.807) is 18.5 Å². The summed E-state index contributed by atoms with van der Waals surface area (Å²) < 4.78 is 13.5. The molecule has 1 N–H and O–H groups in total. The molecule has 0 bridgehead atoms. The third-order valence-corrected chi connectivity index (χ3v) is 4.81. The van der Waals surface area contributed by atoms with E-state index >= 15 is 0 Å². The Morgan fingerprint density at radius 1 is 1.35 bits per heavy atom. The highest BCUT2D eigenvalue weighted by atomic mass is 32.2. The summed E-state index contributed by atoms with van der Waals surface area (Å²) >= 11 is 1.50. The Labute approximate surface area is 139 Å². The standard InChI is InChI=1S/C17H18FN3OS/c18-14-3-1-2-13(10-14)16-11-20-8-9-21(16)17(22)12-23-15-4-6-19-7-5-15/h1-7,10,16,20H,8-9,11-12H2. The van der Waals surface area contributed by atoms with Crippen LogP contribution in [0.4, 0.5) is 4.39 Å². The summed E-state index contributed by atoms with van der Waals surface area (Å²) in [4.78, 5) is 19.4. The first kappa shape index (κ1) is 16.0. The number of piperazine rings is 1. The molecular formula is C17H18FN3OS. The molecule has 6 heteroatoms. The van der Waals surface area contributed by atoms with Crippen LogP contribution in [0.3, 0.4) is 0 Å². The molecule has 1 unspecified atom stereocenters. The Bertz CT molecular complexity index is 668. The average molecular weight is 331 g/mol. The number of carbonyl (C=O) groups is 1. The highest BCUT2D eigenvalue weighted by Gasteiger charge is 2.27. The maximum atomic E-state index is 13.5. The smallest absolute Gasteiger partial charge is 0.233 e. The van der Waals surface area contributed by atoms with Gasteiger partial charge in [-0.15, -0.1) is 11.8 Å². The molecule has 2 aromatic rings. The lowest BCUT2D eigenvalue weighted by molar-refractivity contribution is -0.131. The molecule has 0 aliphatic carbocycles. The number of thioether (sulfide) groups is 1. The Morgan fingerprint density at radius 3 is 2.96 bits per heavy atom. The van der Waals surface area contributed by atoms with Crippen LogP contribution in [0.25, 0.3) is 0 Å². The van der Waals surface area contributed by atoms with E-state index in [1.807, 2.05) is 23.1 Å². The number of rotatable bonds is 4. The van der Waals surface area contributed by atoms with E-state index in [0.29, 0.717) is 18.8 Å². The second kappa shape index (κ2) is 7.57. The predicted molar refractivity (Wildman–Crippen MR) is 88.7 cm³/mol. The number of halogens is 1. The van der Waals surface area contributed by atoms with E-state index in [9.17, 15) is 9.18 Å². The van der Waals surface area contributed by atoms with Crippen LogP contribution in [0.2, 0.25) is 0 Å². The molecule has 1 aliphatic heterocycles. The summed E-state index contributed by atoms with van der Waals surface area (Å²) in [7, 11) is 0. The molecule has 1 amide bonds. The van der Waals surface area contributed by atoms with E-state index in [4.69, 9.17) is 0 Å². The second-order valence-corrected chi connectivity index (χ2v) is 6.38. The lowest BCUT2D eigenvalue weighted by Crippen LogP contribution is -2.49. The van der Waals surface area contributed by atoms with E-state index in [2.05, 4.69) is 10.3 Å². The van der Waals surface area contributed by atoms with Crippen molar-refractivity contribution < 1.29 is 9.18 Å². The van der Waals surface area contributed by atoms with Crippen LogP contribution in [0.15, 0.2) is 53.7 Å². The van der Waals surface area contributed by atoms with Crippen LogP contribution in [-0.4, -0.2) is 41.2 Å². The molecule has 2 heterocycles. The Balaban J connectivity index is 1.69. The Morgan fingerprint density at radius 2 is 2.17 bits per heavy atom. The molecule has 1 aliphatic rings. The second-order valence-electron chi connectivity index (χ2n) is 5.33. The largest absolute Gasteiger partial charge is 0.332 e. The quantitative estimate of drug-likeness (QED) is 0.875. The molecular weight excluding hydrogens is 313 g/mol. The maximum Gasteiger partial charge on any atom is 0.233 e. The van der Waals surface area contributed by atoms with Crippen molar-refractivity contribution in [1.29, 1.82) is 0 Å². The number of benzene rings is 1. The molecule has 1 atom stereocenters.